The lowest BCUT2D eigenvalue weighted by atomic mass is 9.77. The molecular formula is C14H27N3O3S. The van der Waals surface area contributed by atoms with Crippen molar-refractivity contribution in [1.29, 1.82) is 0 Å². The van der Waals surface area contributed by atoms with Gasteiger partial charge in [-0.05, 0) is 31.6 Å². The summed E-state index contributed by atoms with van der Waals surface area (Å²) in [5, 5.41) is 6.19. The molecule has 2 fully saturated rings. The highest BCUT2D eigenvalue weighted by Crippen LogP contribution is 2.32. The number of fused-ring (bicyclic) bond motifs is 1. The summed E-state index contributed by atoms with van der Waals surface area (Å²) in [4.78, 5) is 12.1. The van der Waals surface area contributed by atoms with Gasteiger partial charge in [-0.25, -0.2) is 13.1 Å². The molecule has 3 N–H and O–H groups in total. The fraction of sp³-hybridized carbons (Fsp3) is 0.929. The maximum atomic E-state index is 12.1. The number of carbonyl (C=O) groups excluding carboxylic acids is 1. The summed E-state index contributed by atoms with van der Waals surface area (Å²) in [5.74, 6) is 0.591. The molecule has 1 aliphatic heterocycles. The Kier molecular flexibility index (Phi) is 6.01. The van der Waals surface area contributed by atoms with Gasteiger partial charge in [0.05, 0.1) is 11.8 Å². The second-order valence-corrected chi connectivity index (χ2v) is 7.98. The van der Waals surface area contributed by atoms with Gasteiger partial charge < -0.3 is 10.6 Å². The lowest BCUT2D eigenvalue weighted by molar-refractivity contribution is -0.124. The van der Waals surface area contributed by atoms with Crippen molar-refractivity contribution in [3.63, 3.8) is 0 Å². The Balaban J connectivity index is 1.74. The summed E-state index contributed by atoms with van der Waals surface area (Å²) in [6, 6.07) is 0.305. The number of nitrogens with one attached hydrogen (secondary N) is 3. The van der Waals surface area contributed by atoms with Gasteiger partial charge in [0.2, 0.25) is 15.9 Å². The maximum Gasteiger partial charge on any atom is 0.237 e. The molecule has 0 spiro atoms. The molecule has 3 atom stereocenters. The van der Waals surface area contributed by atoms with E-state index < -0.39 is 10.0 Å². The van der Waals surface area contributed by atoms with Crippen LogP contribution >= 0.6 is 0 Å². The average molecular weight is 317 g/mol. The van der Waals surface area contributed by atoms with E-state index in [4.69, 9.17) is 0 Å². The van der Waals surface area contributed by atoms with Crippen LogP contribution in [0.1, 0.15) is 45.4 Å². The van der Waals surface area contributed by atoms with Crippen molar-refractivity contribution in [3.05, 3.63) is 0 Å². The number of carbonyl (C=O) groups is 1. The van der Waals surface area contributed by atoms with Crippen LogP contribution in [0.3, 0.4) is 0 Å². The molecule has 1 amide bonds. The number of piperidine rings is 1. The lowest BCUT2D eigenvalue weighted by Gasteiger charge is -2.39. The minimum atomic E-state index is -3.26. The monoisotopic (exact) mass is 317 g/mol. The van der Waals surface area contributed by atoms with E-state index in [1.54, 1.807) is 6.92 Å². The first-order valence-electron chi connectivity index (χ1n) is 8.03. The van der Waals surface area contributed by atoms with Gasteiger partial charge in [-0.3, -0.25) is 4.79 Å². The van der Waals surface area contributed by atoms with E-state index in [2.05, 4.69) is 15.4 Å². The van der Waals surface area contributed by atoms with Gasteiger partial charge in [-0.15, -0.1) is 0 Å². The minimum Gasteiger partial charge on any atom is -0.354 e. The van der Waals surface area contributed by atoms with E-state index in [1.807, 2.05) is 0 Å². The third-order valence-corrected chi connectivity index (χ3v) is 5.97. The fourth-order valence-corrected chi connectivity index (χ4v) is 4.38. The highest BCUT2D eigenvalue weighted by Gasteiger charge is 2.34. The Hall–Kier alpha value is -0.660. The molecule has 1 saturated heterocycles. The van der Waals surface area contributed by atoms with E-state index in [9.17, 15) is 13.2 Å². The van der Waals surface area contributed by atoms with Crippen LogP contribution in [-0.2, 0) is 14.8 Å². The molecule has 2 rings (SSSR count). The van der Waals surface area contributed by atoms with Crippen molar-refractivity contribution >= 4 is 15.9 Å². The zero-order chi connectivity index (χ0) is 15.3. The summed E-state index contributed by atoms with van der Waals surface area (Å²) < 4.78 is 25.4. The highest BCUT2D eigenvalue weighted by molar-refractivity contribution is 7.89. The standard InChI is InChI=1S/C14H27N3O3S/c1-2-16-21(19,20)10-9-15-14(18)13-8-7-11-5-3-4-6-12(11)17-13/h11-13,16-17H,2-10H2,1H3,(H,15,18). The molecule has 7 heteroatoms. The van der Waals surface area contributed by atoms with Gasteiger partial charge in [0.15, 0.2) is 0 Å². The molecular weight excluding hydrogens is 290 g/mol. The normalized spacial score (nSPS) is 29.7. The van der Waals surface area contributed by atoms with Crippen molar-refractivity contribution in [2.45, 2.75) is 57.5 Å². The molecule has 1 heterocycles. The number of sulfonamides is 1. The second kappa shape index (κ2) is 7.56. The van der Waals surface area contributed by atoms with Crippen LogP contribution in [0.4, 0.5) is 0 Å². The van der Waals surface area contributed by atoms with E-state index in [0.717, 1.165) is 25.2 Å². The van der Waals surface area contributed by atoms with E-state index in [0.29, 0.717) is 12.6 Å². The van der Waals surface area contributed by atoms with Gasteiger partial charge in [-0.2, -0.15) is 0 Å². The fourth-order valence-electron chi connectivity index (χ4n) is 3.43. The topological polar surface area (TPSA) is 87.3 Å². The van der Waals surface area contributed by atoms with Gasteiger partial charge in [-0.1, -0.05) is 19.8 Å². The second-order valence-electron chi connectivity index (χ2n) is 6.06. The molecule has 0 aromatic rings. The third kappa shape index (κ3) is 4.93. The predicted octanol–water partition coefficient (Wildman–Crippen LogP) is 0.353. The SMILES string of the molecule is CCNS(=O)(=O)CCNC(=O)C1CCC2CCCCC2N1. The lowest BCUT2D eigenvalue weighted by Crippen LogP contribution is -2.55. The summed E-state index contributed by atoms with van der Waals surface area (Å²) in [6.07, 6.45) is 6.93. The first-order valence-corrected chi connectivity index (χ1v) is 9.68. The van der Waals surface area contributed by atoms with Crippen LogP contribution in [0.2, 0.25) is 0 Å². The molecule has 122 valence electrons. The van der Waals surface area contributed by atoms with Gasteiger partial charge >= 0.3 is 0 Å². The largest absolute Gasteiger partial charge is 0.354 e. The molecule has 0 radical (unpaired) electrons. The Morgan fingerprint density at radius 1 is 1.19 bits per heavy atom. The summed E-state index contributed by atoms with van der Waals surface area (Å²) >= 11 is 0. The van der Waals surface area contributed by atoms with Crippen molar-refractivity contribution in [2.75, 3.05) is 18.8 Å². The minimum absolute atomic E-state index is 0.0641. The molecule has 6 nitrogen and oxygen atoms in total. The molecule has 0 aromatic heterocycles. The zero-order valence-corrected chi connectivity index (χ0v) is 13.5. The Labute approximate surface area is 127 Å². The van der Waals surface area contributed by atoms with Crippen LogP contribution in [0.25, 0.3) is 0 Å². The van der Waals surface area contributed by atoms with Crippen LogP contribution in [0, 0.1) is 5.92 Å². The maximum absolute atomic E-state index is 12.1. The molecule has 1 aliphatic carbocycles. The quantitative estimate of drug-likeness (QED) is 0.660. The van der Waals surface area contributed by atoms with Crippen molar-refractivity contribution < 1.29 is 13.2 Å². The molecule has 21 heavy (non-hydrogen) atoms. The molecule has 0 aromatic carbocycles. The first-order chi connectivity index (χ1) is 10.0. The van der Waals surface area contributed by atoms with Gasteiger partial charge in [0.25, 0.3) is 0 Å². The number of amides is 1. The average Bonchev–Trinajstić information content (AvgIpc) is 2.46. The van der Waals surface area contributed by atoms with Crippen LogP contribution < -0.4 is 15.4 Å². The summed E-state index contributed by atoms with van der Waals surface area (Å²) in [5.41, 5.74) is 0. The highest BCUT2D eigenvalue weighted by atomic mass is 32.2. The first kappa shape index (κ1) is 16.7. The predicted molar refractivity (Wildman–Crippen MR) is 82.4 cm³/mol. The molecule has 1 saturated carbocycles. The number of hydrogen-bond acceptors (Lipinski definition) is 4. The van der Waals surface area contributed by atoms with Crippen LogP contribution in [0.15, 0.2) is 0 Å². The van der Waals surface area contributed by atoms with E-state index in [-0.39, 0.29) is 24.2 Å². The molecule has 2 aliphatic rings. The van der Waals surface area contributed by atoms with Gasteiger partial charge in [0, 0.05) is 19.1 Å². The summed E-state index contributed by atoms with van der Waals surface area (Å²) in [7, 11) is -3.26. The number of rotatable bonds is 6. The van der Waals surface area contributed by atoms with Gasteiger partial charge in [0.1, 0.15) is 0 Å². The van der Waals surface area contributed by atoms with Crippen molar-refractivity contribution in [2.24, 2.45) is 5.92 Å². The Bertz CT molecular complexity index is 452. The smallest absolute Gasteiger partial charge is 0.237 e. The van der Waals surface area contributed by atoms with Crippen molar-refractivity contribution in [1.82, 2.24) is 15.4 Å². The van der Waals surface area contributed by atoms with E-state index in [1.165, 1.54) is 19.3 Å². The third-order valence-electron chi connectivity index (χ3n) is 4.50. The summed E-state index contributed by atoms with van der Waals surface area (Å²) in [6.45, 7) is 2.28. The Morgan fingerprint density at radius 3 is 2.71 bits per heavy atom. The van der Waals surface area contributed by atoms with Crippen molar-refractivity contribution in [3.8, 4) is 0 Å². The number of hydrogen-bond donors (Lipinski definition) is 3. The zero-order valence-electron chi connectivity index (χ0n) is 12.7. The van der Waals surface area contributed by atoms with Crippen LogP contribution in [-0.4, -0.2) is 45.3 Å². The van der Waals surface area contributed by atoms with E-state index >= 15 is 0 Å². The molecule has 3 unspecified atom stereocenters. The Morgan fingerprint density at radius 2 is 1.95 bits per heavy atom. The van der Waals surface area contributed by atoms with Crippen LogP contribution in [0.5, 0.6) is 0 Å². The molecule has 0 bridgehead atoms.